The van der Waals surface area contributed by atoms with Gasteiger partial charge >= 0.3 is 0 Å². The Morgan fingerprint density at radius 1 is 1.29 bits per heavy atom. The minimum Gasteiger partial charge on any atom is -0.393 e. The summed E-state index contributed by atoms with van der Waals surface area (Å²) in [6.45, 7) is 5.54. The molecule has 0 spiro atoms. The van der Waals surface area contributed by atoms with Crippen LogP contribution in [-0.4, -0.2) is 34.0 Å². The highest BCUT2D eigenvalue weighted by Crippen LogP contribution is 2.01. The van der Waals surface area contributed by atoms with Gasteiger partial charge < -0.3 is 19.4 Å². The molecule has 0 aliphatic heterocycles. The Balaban J connectivity index is 2.77. The van der Waals surface area contributed by atoms with Crippen LogP contribution in [0.1, 0.15) is 6.92 Å². The molecule has 0 aliphatic carbocycles. The van der Waals surface area contributed by atoms with Crippen molar-refractivity contribution in [1.82, 2.24) is 19.4 Å². The lowest BCUT2D eigenvalue weighted by atomic mass is 10.6. The molecule has 1 aromatic heterocycles. The topological polar surface area (TPSA) is 74.6 Å². The van der Waals surface area contributed by atoms with Crippen LogP contribution < -0.4 is 10.9 Å². The first-order valence-corrected chi connectivity index (χ1v) is 6.39. The molecule has 0 aliphatic rings. The van der Waals surface area contributed by atoms with Gasteiger partial charge in [0.1, 0.15) is 5.82 Å². The van der Waals surface area contributed by atoms with Crippen LogP contribution in [0.3, 0.4) is 0 Å². The number of nitrogens with one attached hydrogen (secondary N) is 1. The Morgan fingerprint density at radius 3 is 2.48 bits per heavy atom. The molecule has 8 heteroatoms. The molecule has 0 unspecified atom stereocenters. The first-order chi connectivity index (χ1) is 9.95. The summed E-state index contributed by atoms with van der Waals surface area (Å²) in [6.07, 6.45) is 7.36. The van der Waals surface area contributed by atoms with E-state index in [2.05, 4.69) is 32.3 Å². The number of amidine groups is 1. The van der Waals surface area contributed by atoms with Crippen LogP contribution in [0, 0.1) is 0 Å². The fourth-order valence-corrected chi connectivity index (χ4v) is 1.33. The van der Waals surface area contributed by atoms with E-state index >= 15 is 0 Å². The largest absolute Gasteiger partial charge is 0.393 e. The summed E-state index contributed by atoms with van der Waals surface area (Å²) in [4.78, 5) is 1.74. The second-order valence-electron chi connectivity index (χ2n) is 4.40. The predicted octanol–water partition coefficient (Wildman–Crippen LogP) is 1.14. The first-order valence-electron chi connectivity index (χ1n) is 6.39. The van der Waals surface area contributed by atoms with E-state index in [1.807, 2.05) is 49.7 Å². The molecule has 114 valence electrons. The molecule has 0 atom stereocenters. The Labute approximate surface area is 124 Å². The van der Waals surface area contributed by atoms with Gasteiger partial charge in [-0.05, 0) is 6.92 Å². The zero-order valence-corrected chi connectivity index (χ0v) is 13.1. The van der Waals surface area contributed by atoms with E-state index in [1.165, 1.54) is 0 Å². The third-order valence-corrected chi connectivity index (χ3v) is 2.61. The van der Waals surface area contributed by atoms with Gasteiger partial charge in [-0.2, -0.15) is 0 Å². The maximum Gasteiger partial charge on any atom is 0.229 e. The van der Waals surface area contributed by atoms with Gasteiger partial charge in [-0.25, -0.2) is 0 Å². The van der Waals surface area contributed by atoms with Crippen LogP contribution in [0.5, 0.6) is 0 Å². The van der Waals surface area contributed by atoms with Crippen molar-refractivity contribution < 1.29 is 0 Å². The van der Waals surface area contributed by atoms with Crippen molar-refractivity contribution in [2.45, 2.75) is 6.92 Å². The Hall–Kier alpha value is -2.64. The Kier molecular flexibility index (Phi) is 6.12. The molecule has 0 radical (unpaired) electrons. The van der Waals surface area contributed by atoms with E-state index in [-0.39, 0.29) is 0 Å². The van der Waals surface area contributed by atoms with Gasteiger partial charge in [-0.3, -0.25) is 0 Å². The SMILES string of the molecule is C=C(N=NC(C)=NN=c1n(C)ccn1C)N(C)C=CNC. The molecule has 0 bridgehead atoms. The number of hydrogen-bond acceptors (Lipinski definition) is 5. The zero-order chi connectivity index (χ0) is 15.8. The summed E-state index contributed by atoms with van der Waals surface area (Å²) in [5.74, 6) is 0.948. The summed E-state index contributed by atoms with van der Waals surface area (Å²) in [6, 6.07) is 0. The van der Waals surface area contributed by atoms with Gasteiger partial charge in [-0.15, -0.1) is 20.4 Å². The molecule has 21 heavy (non-hydrogen) atoms. The van der Waals surface area contributed by atoms with E-state index in [4.69, 9.17) is 0 Å². The van der Waals surface area contributed by atoms with Gasteiger partial charge in [0.15, 0.2) is 5.84 Å². The average Bonchev–Trinajstić information content (AvgIpc) is 2.78. The number of aryl methyl sites for hydroxylation is 2. The number of nitrogens with zero attached hydrogens (tertiary/aromatic N) is 7. The maximum absolute atomic E-state index is 4.13. The molecular formula is C13H22N8. The van der Waals surface area contributed by atoms with Gasteiger partial charge in [0.25, 0.3) is 0 Å². The highest BCUT2D eigenvalue weighted by Gasteiger charge is 1.96. The Morgan fingerprint density at radius 2 is 1.90 bits per heavy atom. The lowest BCUT2D eigenvalue weighted by Gasteiger charge is -2.10. The fourth-order valence-electron chi connectivity index (χ4n) is 1.33. The monoisotopic (exact) mass is 290 g/mol. The van der Waals surface area contributed by atoms with Crippen LogP contribution in [0.25, 0.3) is 0 Å². The average molecular weight is 290 g/mol. The van der Waals surface area contributed by atoms with Crippen molar-refractivity contribution in [2.24, 2.45) is 34.5 Å². The molecule has 1 heterocycles. The van der Waals surface area contributed by atoms with Crippen LogP contribution >= 0.6 is 0 Å². The highest BCUT2D eigenvalue weighted by molar-refractivity contribution is 5.79. The number of azo groups is 1. The van der Waals surface area contributed by atoms with E-state index in [1.54, 1.807) is 24.2 Å². The van der Waals surface area contributed by atoms with Crippen molar-refractivity contribution in [1.29, 1.82) is 0 Å². The summed E-state index contributed by atoms with van der Waals surface area (Å²) < 4.78 is 3.73. The summed E-state index contributed by atoms with van der Waals surface area (Å²) >= 11 is 0. The molecule has 1 N–H and O–H groups in total. The number of aromatic nitrogens is 2. The zero-order valence-electron chi connectivity index (χ0n) is 13.1. The van der Waals surface area contributed by atoms with Crippen molar-refractivity contribution in [3.05, 3.63) is 42.8 Å². The van der Waals surface area contributed by atoms with Crippen LogP contribution in [0.4, 0.5) is 0 Å². The Bertz CT molecular complexity index is 606. The molecule has 8 nitrogen and oxygen atoms in total. The molecular weight excluding hydrogens is 268 g/mol. The van der Waals surface area contributed by atoms with Gasteiger partial charge in [0, 0.05) is 53.0 Å². The first kappa shape index (κ1) is 16.4. The summed E-state index contributed by atoms with van der Waals surface area (Å²) in [5, 5.41) is 19.0. The standard InChI is InChI=1S/C13H22N8/c1-11(15-17-12(2)19(4)8-7-14-3)16-18-13-20(5)9-10-21(13)6/h7-10,14H,2H2,1,3-6H3. The number of imidazole rings is 1. The van der Waals surface area contributed by atoms with Crippen molar-refractivity contribution >= 4 is 5.84 Å². The summed E-state index contributed by atoms with van der Waals surface area (Å²) in [7, 11) is 7.44. The lowest BCUT2D eigenvalue weighted by Crippen LogP contribution is -2.21. The normalized spacial score (nSPS) is 12.1. The molecule has 0 saturated carbocycles. The molecule has 0 saturated heterocycles. The van der Waals surface area contributed by atoms with Crippen LogP contribution in [0.15, 0.2) is 57.6 Å². The molecule has 1 aromatic rings. The quantitative estimate of drug-likeness (QED) is 0.382. The van der Waals surface area contributed by atoms with Crippen molar-refractivity contribution in [2.75, 3.05) is 14.1 Å². The molecule has 0 aromatic carbocycles. The van der Waals surface area contributed by atoms with E-state index in [0.717, 1.165) is 5.62 Å². The third kappa shape index (κ3) is 5.09. The maximum atomic E-state index is 4.13. The number of hydrogen-bond donors (Lipinski definition) is 1. The minimum absolute atomic E-state index is 0.448. The van der Waals surface area contributed by atoms with E-state index < -0.39 is 0 Å². The van der Waals surface area contributed by atoms with Gasteiger partial charge in [0.2, 0.25) is 5.62 Å². The predicted molar refractivity (Wildman–Crippen MR) is 83.0 cm³/mol. The molecule has 0 fully saturated rings. The highest BCUT2D eigenvalue weighted by atomic mass is 15.3. The second kappa shape index (κ2) is 7.83. The van der Waals surface area contributed by atoms with Gasteiger partial charge in [0.05, 0.1) is 0 Å². The van der Waals surface area contributed by atoms with Gasteiger partial charge in [-0.1, -0.05) is 6.58 Å². The smallest absolute Gasteiger partial charge is 0.229 e. The van der Waals surface area contributed by atoms with Crippen LogP contribution in [0.2, 0.25) is 0 Å². The second-order valence-corrected chi connectivity index (χ2v) is 4.40. The van der Waals surface area contributed by atoms with Crippen molar-refractivity contribution in [3.8, 4) is 0 Å². The van der Waals surface area contributed by atoms with E-state index in [9.17, 15) is 0 Å². The van der Waals surface area contributed by atoms with Crippen LogP contribution in [-0.2, 0) is 14.1 Å². The molecule has 0 amide bonds. The molecule has 1 rings (SSSR count). The lowest BCUT2D eigenvalue weighted by molar-refractivity contribution is 0.553. The van der Waals surface area contributed by atoms with E-state index in [0.29, 0.717) is 11.7 Å². The van der Waals surface area contributed by atoms with Crippen molar-refractivity contribution in [3.63, 3.8) is 0 Å². The fraction of sp³-hybridized carbons (Fsp3) is 0.385. The minimum atomic E-state index is 0.448. The summed E-state index contributed by atoms with van der Waals surface area (Å²) in [5.41, 5.74) is 0.720. The third-order valence-electron chi connectivity index (χ3n) is 2.61. The number of rotatable bonds is 5.